The van der Waals surface area contributed by atoms with Crippen molar-refractivity contribution in [1.82, 2.24) is 9.84 Å². The van der Waals surface area contributed by atoms with Gasteiger partial charge in [-0.25, -0.2) is 13.4 Å². The second kappa shape index (κ2) is 5.11. The number of fused-ring (bicyclic) bond motifs is 1. The van der Waals surface area contributed by atoms with Crippen molar-refractivity contribution in [2.24, 2.45) is 0 Å². The monoisotopic (exact) mass is 281 g/mol. The molecule has 0 aromatic heterocycles. The normalized spacial score (nSPS) is 20.0. The van der Waals surface area contributed by atoms with Crippen molar-refractivity contribution >= 4 is 15.7 Å². The van der Waals surface area contributed by atoms with Crippen LogP contribution in [0.3, 0.4) is 0 Å². The number of nitrogens with zero attached hydrogens (tertiary/aromatic N) is 1. The summed E-state index contributed by atoms with van der Waals surface area (Å²) in [4.78, 5) is 3.05. The molecule has 2 N–H and O–H groups in total. The molecule has 104 valence electrons. The van der Waals surface area contributed by atoms with Gasteiger partial charge in [0.05, 0.1) is 4.90 Å². The number of hydrogen-bond acceptors (Lipinski definition) is 4. The summed E-state index contributed by atoms with van der Waals surface area (Å²) in [5.41, 5.74) is 2.14. The number of rotatable bonds is 3. The lowest BCUT2D eigenvalue weighted by atomic mass is 10.2. The highest BCUT2D eigenvalue weighted by atomic mass is 32.2. The zero-order valence-corrected chi connectivity index (χ0v) is 11.7. The van der Waals surface area contributed by atoms with Gasteiger partial charge < -0.3 is 5.32 Å². The molecule has 2 aliphatic rings. The van der Waals surface area contributed by atoms with Gasteiger partial charge in [0.25, 0.3) is 10.0 Å². The molecule has 0 unspecified atom stereocenters. The van der Waals surface area contributed by atoms with E-state index in [0.717, 1.165) is 50.1 Å². The first-order valence-electron chi connectivity index (χ1n) is 6.79. The Bertz CT molecular complexity index is 565. The molecule has 0 radical (unpaired) electrons. The quantitative estimate of drug-likeness (QED) is 0.877. The molecule has 1 aromatic carbocycles. The lowest BCUT2D eigenvalue weighted by Gasteiger charge is -2.26. The molecule has 3 rings (SSSR count). The number of nitrogens with one attached hydrogen (secondary N) is 2. The van der Waals surface area contributed by atoms with E-state index in [0.29, 0.717) is 4.90 Å². The van der Waals surface area contributed by atoms with Crippen molar-refractivity contribution in [2.45, 2.75) is 30.6 Å². The van der Waals surface area contributed by atoms with E-state index in [9.17, 15) is 8.42 Å². The molecule has 1 aromatic rings. The van der Waals surface area contributed by atoms with E-state index in [1.807, 2.05) is 11.1 Å². The van der Waals surface area contributed by atoms with Crippen molar-refractivity contribution < 1.29 is 8.42 Å². The lowest BCUT2D eigenvalue weighted by molar-refractivity contribution is 0.200. The zero-order chi connectivity index (χ0) is 13.3. The van der Waals surface area contributed by atoms with E-state index in [1.165, 1.54) is 6.42 Å². The van der Waals surface area contributed by atoms with Gasteiger partial charge in [-0.3, -0.25) is 0 Å². The second-order valence-electron chi connectivity index (χ2n) is 5.14. The Hall–Kier alpha value is -1.11. The summed E-state index contributed by atoms with van der Waals surface area (Å²) in [7, 11) is -3.43. The van der Waals surface area contributed by atoms with Crippen LogP contribution in [0.1, 0.15) is 24.8 Å². The van der Waals surface area contributed by atoms with Crippen LogP contribution in [0.2, 0.25) is 0 Å². The van der Waals surface area contributed by atoms with Gasteiger partial charge in [-0.15, -0.1) is 4.83 Å². The summed E-state index contributed by atoms with van der Waals surface area (Å²) in [6, 6.07) is 5.30. The molecular weight excluding hydrogens is 262 g/mol. The van der Waals surface area contributed by atoms with Crippen LogP contribution in [-0.4, -0.2) is 33.1 Å². The number of piperidine rings is 1. The van der Waals surface area contributed by atoms with Crippen LogP contribution in [0.15, 0.2) is 23.1 Å². The molecule has 5 nitrogen and oxygen atoms in total. The molecule has 0 saturated carbocycles. The number of benzene rings is 1. The largest absolute Gasteiger partial charge is 0.384 e. The van der Waals surface area contributed by atoms with E-state index < -0.39 is 10.0 Å². The topological polar surface area (TPSA) is 61.4 Å². The Morgan fingerprint density at radius 1 is 1.16 bits per heavy atom. The number of hydrazine groups is 1. The number of hydrogen-bond donors (Lipinski definition) is 2. The van der Waals surface area contributed by atoms with Gasteiger partial charge in [-0.2, -0.15) is 0 Å². The molecule has 19 heavy (non-hydrogen) atoms. The molecule has 2 heterocycles. The summed E-state index contributed by atoms with van der Waals surface area (Å²) in [5.74, 6) is 0. The van der Waals surface area contributed by atoms with Gasteiger partial charge in [0, 0.05) is 25.3 Å². The third kappa shape index (κ3) is 2.75. The molecular formula is C13H19N3O2S. The standard InChI is InChI=1S/C13H19N3O2S/c17-19(18,15-16-8-2-1-3-9-16)12-4-5-13-11(10-12)6-7-14-13/h4-5,10,14-15H,1-3,6-9H2. The lowest BCUT2D eigenvalue weighted by Crippen LogP contribution is -2.44. The molecule has 1 saturated heterocycles. The van der Waals surface area contributed by atoms with Gasteiger partial charge in [0.15, 0.2) is 0 Å². The molecule has 2 aliphatic heterocycles. The van der Waals surface area contributed by atoms with Crippen LogP contribution >= 0.6 is 0 Å². The van der Waals surface area contributed by atoms with Crippen molar-refractivity contribution in [3.05, 3.63) is 23.8 Å². The predicted octanol–water partition coefficient (Wildman–Crippen LogP) is 1.33. The summed E-state index contributed by atoms with van der Waals surface area (Å²) >= 11 is 0. The van der Waals surface area contributed by atoms with Crippen molar-refractivity contribution in [2.75, 3.05) is 25.0 Å². The number of sulfonamides is 1. The summed E-state index contributed by atoms with van der Waals surface area (Å²) < 4.78 is 24.7. The predicted molar refractivity (Wildman–Crippen MR) is 74.4 cm³/mol. The Labute approximate surface area is 114 Å². The minimum atomic E-state index is -3.43. The Morgan fingerprint density at radius 3 is 2.74 bits per heavy atom. The highest BCUT2D eigenvalue weighted by molar-refractivity contribution is 7.89. The second-order valence-corrected chi connectivity index (χ2v) is 6.80. The van der Waals surface area contributed by atoms with Crippen LogP contribution < -0.4 is 10.1 Å². The molecule has 0 spiro atoms. The molecule has 0 bridgehead atoms. The van der Waals surface area contributed by atoms with Crippen LogP contribution in [0, 0.1) is 0 Å². The fourth-order valence-electron chi connectivity index (χ4n) is 2.66. The maximum atomic E-state index is 12.3. The first-order valence-corrected chi connectivity index (χ1v) is 8.28. The third-order valence-electron chi connectivity index (χ3n) is 3.70. The first-order chi connectivity index (χ1) is 9.15. The third-order valence-corrected chi connectivity index (χ3v) is 5.08. The van der Waals surface area contributed by atoms with Crippen LogP contribution in [0.4, 0.5) is 5.69 Å². The fraction of sp³-hybridized carbons (Fsp3) is 0.538. The zero-order valence-electron chi connectivity index (χ0n) is 10.9. The first kappa shape index (κ1) is 12.9. The minimum Gasteiger partial charge on any atom is -0.384 e. The van der Waals surface area contributed by atoms with Crippen molar-refractivity contribution in [3.8, 4) is 0 Å². The summed E-state index contributed by atoms with van der Waals surface area (Å²) in [6.45, 7) is 2.48. The van der Waals surface area contributed by atoms with E-state index in [2.05, 4.69) is 10.1 Å². The van der Waals surface area contributed by atoms with Crippen LogP contribution in [-0.2, 0) is 16.4 Å². The number of anilines is 1. The van der Waals surface area contributed by atoms with Gasteiger partial charge in [-0.05, 0) is 43.0 Å². The van der Waals surface area contributed by atoms with Crippen molar-refractivity contribution in [3.63, 3.8) is 0 Å². The molecule has 0 aliphatic carbocycles. The van der Waals surface area contributed by atoms with E-state index in [4.69, 9.17) is 0 Å². The summed E-state index contributed by atoms with van der Waals surface area (Å²) in [5, 5.41) is 5.04. The Kier molecular flexibility index (Phi) is 3.47. The Balaban J connectivity index is 1.79. The van der Waals surface area contributed by atoms with Gasteiger partial charge in [-0.1, -0.05) is 6.42 Å². The minimum absolute atomic E-state index is 0.362. The van der Waals surface area contributed by atoms with E-state index in [-0.39, 0.29) is 0 Å². The molecule has 1 fully saturated rings. The van der Waals surface area contributed by atoms with Gasteiger partial charge in [0.1, 0.15) is 0 Å². The average Bonchev–Trinajstić information content (AvgIpc) is 2.86. The van der Waals surface area contributed by atoms with Crippen LogP contribution in [0.5, 0.6) is 0 Å². The SMILES string of the molecule is O=S(=O)(NN1CCCCC1)c1ccc2c(c1)CCN2. The fourth-order valence-corrected chi connectivity index (χ4v) is 3.83. The Morgan fingerprint density at radius 2 is 1.95 bits per heavy atom. The molecule has 6 heteroatoms. The smallest absolute Gasteiger partial charge is 0.253 e. The van der Waals surface area contributed by atoms with Crippen molar-refractivity contribution in [1.29, 1.82) is 0 Å². The summed E-state index contributed by atoms with van der Waals surface area (Å²) in [6.07, 6.45) is 4.18. The highest BCUT2D eigenvalue weighted by Crippen LogP contribution is 2.25. The average molecular weight is 281 g/mol. The maximum absolute atomic E-state index is 12.3. The van der Waals surface area contributed by atoms with Gasteiger partial charge >= 0.3 is 0 Å². The van der Waals surface area contributed by atoms with E-state index >= 15 is 0 Å². The van der Waals surface area contributed by atoms with E-state index in [1.54, 1.807) is 12.1 Å². The highest BCUT2D eigenvalue weighted by Gasteiger charge is 2.21. The molecule has 0 amide bonds. The van der Waals surface area contributed by atoms with Crippen LogP contribution in [0.25, 0.3) is 0 Å². The molecule has 0 atom stereocenters. The van der Waals surface area contributed by atoms with Gasteiger partial charge in [0.2, 0.25) is 0 Å². The maximum Gasteiger partial charge on any atom is 0.253 e.